The van der Waals surface area contributed by atoms with Gasteiger partial charge < -0.3 is 14.7 Å². The molecule has 25 heavy (non-hydrogen) atoms. The lowest BCUT2D eigenvalue weighted by molar-refractivity contribution is 0.113. The molecule has 0 saturated heterocycles. The number of hydrogen-bond donors (Lipinski definition) is 1. The van der Waals surface area contributed by atoms with E-state index in [2.05, 4.69) is 0 Å². The molecule has 1 N–H and O–H groups in total. The minimum absolute atomic E-state index is 0.204. The van der Waals surface area contributed by atoms with Crippen LogP contribution in [-0.2, 0) is 6.42 Å². The van der Waals surface area contributed by atoms with Crippen molar-refractivity contribution in [2.45, 2.75) is 12.5 Å². The van der Waals surface area contributed by atoms with Gasteiger partial charge in [-0.25, -0.2) is 4.39 Å². The van der Waals surface area contributed by atoms with Crippen LogP contribution in [0.5, 0.6) is 5.75 Å². The number of aliphatic hydroxyl groups excluding tert-OH is 1. The Balaban J connectivity index is 1.42. The lowest BCUT2D eigenvalue weighted by atomic mass is 10.1. The van der Waals surface area contributed by atoms with Crippen molar-refractivity contribution in [3.05, 3.63) is 72.0 Å². The smallest absolute Gasteiger partial charge is 0.127 e. The molecule has 0 amide bonds. The Kier molecular flexibility index (Phi) is 4.28. The van der Waals surface area contributed by atoms with Gasteiger partial charge in [0.15, 0.2) is 0 Å². The summed E-state index contributed by atoms with van der Waals surface area (Å²) in [7, 11) is 0. The third-order valence-corrected chi connectivity index (χ3v) is 4.65. The fourth-order valence-corrected chi connectivity index (χ4v) is 3.42. The number of β-amino-alcohol motifs (C(OH)–C–C–N with tert-alkyl or cyclic N) is 1. The number of ether oxygens (including phenoxy) is 1. The summed E-state index contributed by atoms with van der Waals surface area (Å²) >= 11 is 0. The van der Waals surface area contributed by atoms with Crippen molar-refractivity contribution in [1.82, 2.24) is 0 Å². The van der Waals surface area contributed by atoms with Crippen LogP contribution in [-0.4, -0.2) is 30.9 Å². The van der Waals surface area contributed by atoms with E-state index in [9.17, 15) is 9.50 Å². The second-order valence-electron chi connectivity index (χ2n) is 6.41. The van der Waals surface area contributed by atoms with Crippen LogP contribution < -0.4 is 9.64 Å². The van der Waals surface area contributed by atoms with Crippen LogP contribution in [0.25, 0.3) is 10.8 Å². The molecule has 0 aromatic heterocycles. The number of halogens is 1. The molecule has 1 atom stereocenters. The average Bonchev–Trinajstić information content (AvgIpc) is 3.02. The van der Waals surface area contributed by atoms with Crippen LogP contribution >= 0.6 is 0 Å². The summed E-state index contributed by atoms with van der Waals surface area (Å²) in [6.45, 7) is 1.43. The highest BCUT2D eigenvalue weighted by Gasteiger charge is 2.22. The van der Waals surface area contributed by atoms with Crippen LogP contribution in [0.4, 0.5) is 10.1 Å². The first kappa shape index (κ1) is 15.9. The molecule has 1 aliphatic rings. The molecule has 0 spiro atoms. The van der Waals surface area contributed by atoms with E-state index in [0.29, 0.717) is 6.54 Å². The molecule has 1 unspecified atom stereocenters. The van der Waals surface area contributed by atoms with Crippen molar-refractivity contribution >= 4 is 16.5 Å². The van der Waals surface area contributed by atoms with Crippen molar-refractivity contribution < 1.29 is 14.2 Å². The molecule has 1 heterocycles. The van der Waals surface area contributed by atoms with Gasteiger partial charge in [-0.3, -0.25) is 0 Å². The van der Waals surface area contributed by atoms with E-state index < -0.39 is 6.10 Å². The van der Waals surface area contributed by atoms with Gasteiger partial charge >= 0.3 is 0 Å². The molecule has 4 rings (SSSR count). The van der Waals surface area contributed by atoms with E-state index in [1.807, 2.05) is 53.4 Å². The number of aliphatic hydroxyl groups is 1. The van der Waals surface area contributed by atoms with Gasteiger partial charge in [-0.05, 0) is 35.6 Å². The Morgan fingerprint density at radius 2 is 1.92 bits per heavy atom. The predicted molar refractivity (Wildman–Crippen MR) is 97.8 cm³/mol. The summed E-state index contributed by atoms with van der Waals surface area (Å²) in [5, 5.41) is 12.5. The molecule has 0 bridgehead atoms. The third-order valence-electron chi connectivity index (χ3n) is 4.65. The van der Waals surface area contributed by atoms with E-state index in [1.165, 1.54) is 6.07 Å². The maximum atomic E-state index is 13.5. The highest BCUT2D eigenvalue weighted by molar-refractivity contribution is 5.88. The molecule has 3 aromatic carbocycles. The Bertz CT molecular complexity index is 891. The normalized spacial score (nSPS) is 14.6. The zero-order valence-corrected chi connectivity index (χ0v) is 13.9. The van der Waals surface area contributed by atoms with E-state index in [1.54, 1.807) is 6.07 Å². The quantitative estimate of drug-likeness (QED) is 0.769. The highest BCUT2D eigenvalue weighted by atomic mass is 19.1. The maximum Gasteiger partial charge on any atom is 0.127 e. The average molecular weight is 337 g/mol. The number of fused-ring (bicyclic) bond motifs is 2. The van der Waals surface area contributed by atoms with Crippen LogP contribution in [0.3, 0.4) is 0 Å². The van der Waals surface area contributed by atoms with Crippen LogP contribution in [0, 0.1) is 5.82 Å². The van der Waals surface area contributed by atoms with Crippen LogP contribution in [0.15, 0.2) is 60.7 Å². The zero-order valence-electron chi connectivity index (χ0n) is 13.9. The fraction of sp³-hybridized carbons (Fsp3) is 0.238. The number of anilines is 1. The minimum atomic E-state index is -0.645. The van der Waals surface area contributed by atoms with Gasteiger partial charge in [-0.15, -0.1) is 0 Å². The van der Waals surface area contributed by atoms with Gasteiger partial charge in [0.1, 0.15) is 24.3 Å². The molecular weight excluding hydrogens is 317 g/mol. The molecule has 0 aliphatic carbocycles. The Morgan fingerprint density at radius 1 is 1.08 bits per heavy atom. The first-order chi connectivity index (χ1) is 12.2. The summed E-state index contributed by atoms with van der Waals surface area (Å²) in [5.74, 6) is 0.525. The predicted octanol–water partition coefficient (Wildman–Crippen LogP) is 3.78. The van der Waals surface area contributed by atoms with Gasteiger partial charge in [0.25, 0.3) is 0 Å². The van der Waals surface area contributed by atoms with Crippen molar-refractivity contribution in [3.63, 3.8) is 0 Å². The van der Waals surface area contributed by atoms with Crippen LogP contribution in [0.2, 0.25) is 0 Å². The number of hydrogen-bond acceptors (Lipinski definition) is 3. The molecule has 3 nitrogen and oxygen atoms in total. The summed E-state index contributed by atoms with van der Waals surface area (Å²) in [6, 6.07) is 18.8. The Labute approximate surface area is 146 Å². The molecule has 0 fully saturated rings. The standard InChI is InChI=1S/C21H20FNO2/c22-17-9-8-16-10-11-23(20(16)12-17)13-18(24)14-25-21-7-3-5-15-4-1-2-6-19(15)21/h1-9,12,18,24H,10-11,13-14H2. The Morgan fingerprint density at radius 3 is 2.84 bits per heavy atom. The van der Waals surface area contributed by atoms with Crippen molar-refractivity contribution in [1.29, 1.82) is 0 Å². The zero-order chi connectivity index (χ0) is 17.2. The minimum Gasteiger partial charge on any atom is -0.490 e. The monoisotopic (exact) mass is 337 g/mol. The first-order valence-corrected chi connectivity index (χ1v) is 8.53. The topological polar surface area (TPSA) is 32.7 Å². The molecule has 3 aromatic rings. The summed E-state index contributed by atoms with van der Waals surface area (Å²) in [4.78, 5) is 2.02. The second-order valence-corrected chi connectivity index (χ2v) is 6.41. The molecule has 4 heteroatoms. The van der Waals surface area contributed by atoms with Crippen molar-refractivity contribution in [2.24, 2.45) is 0 Å². The molecule has 128 valence electrons. The number of benzene rings is 3. The van der Waals surface area contributed by atoms with E-state index >= 15 is 0 Å². The number of rotatable bonds is 5. The van der Waals surface area contributed by atoms with Gasteiger partial charge in [0.05, 0.1) is 0 Å². The largest absolute Gasteiger partial charge is 0.490 e. The molecule has 0 saturated carbocycles. The SMILES string of the molecule is OC(COc1cccc2ccccc12)CN1CCc2ccc(F)cc21. The van der Waals surface area contributed by atoms with Crippen LogP contribution in [0.1, 0.15) is 5.56 Å². The summed E-state index contributed by atoms with van der Waals surface area (Å²) in [6.07, 6.45) is 0.236. The lowest BCUT2D eigenvalue weighted by Crippen LogP contribution is -2.34. The van der Waals surface area contributed by atoms with Gasteiger partial charge in [-0.2, -0.15) is 0 Å². The van der Waals surface area contributed by atoms with Crippen molar-refractivity contribution in [3.8, 4) is 5.75 Å². The first-order valence-electron chi connectivity index (χ1n) is 8.53. The van der Waals surface area contributed by atoms with E-state index in [-0.39, 0.29) is 12.4 Å². The molecule has 0 radical (unpaired) electrons. The van der Waals surface area contributed by atoms with Gasteiger partial charge in [0.2, 0.25) is 0 Å². The third kappa shape index (κ3) is 3.30. The lowest BCUT2D eigenvalue weighted by Gasteiger charge is -2.23. The second kappa shape index (κ2) is 6.73. The maximum absolute atomic E-state index is 13.5. The highest BCUT2D eigenvalue weighted by Crippen LogP contribution is 2.29. The molecule has 1 aliphatic heterocycles. The van der Waals surface area contributed by atoms with Gasteiger partial charge in [-0.1, -0.05) is 42.5 Å². The number of nitrogens with zero attached hydrogens (tertiary/aromatic N) is 1. The van der Waals surface area contributed by atoms with E-state index in [4.69, 9.17) is 4.74 Å². The van der Waals surface area contributed by atoms with Gasteiger partial charge in [0, 0.05) is 24.2 Å². The Hall–Kier alpha value is -2.59. The fourth-order valence-electron chi connectivity index (χ4n) is 3.42. The van der Waals surface area contributed by atoms with Crippen molar-refractivity contribution in [2.75, 3.05) is 24.6 Å². The van der Waals surface area contributed by atoms with E-state index in [0.717, 1.165) is 40.7 Å². The summed E-state index contributed by atoms with van der Waals surface area (Å²) in [5.41, 5.74) is 2.01. The molecular formula is C21H20FNO2. The summed E-state index contributed by atoms with van der Waals surface area (Å²) < 4.78 is 19.3.